The van der Waals surface area contributed by atoms with Gasteiger partial charge in [0.2, 0.25) is 0 Å². The molecule has 1 aliphatic carbocycles. The van der Waals surface area contributed by atoms with Gasteiger partial charge in [-0.05, 0) is 170 Å². The molecule has 0 fully saturated rings. The van der Waals surface area contributed by atoms with Gasteiger partial charge in [-0.15, -0.1) is 0 Å². The van der Waals surface area contributed by atoms with E-state index in [1.165, 1.54) is 214 Å². The van der Waals surface area contributed by atoms with Gasteiger partial charge in [0.15, 0.2) is 0 Å². The molecule has 0 atom stereocenters. The number of unbranched alkanes of at least 4 members (excludes halogenated alkanes) is 20. The minimum Gasteiger partial charge on any atom is -0.423 e. The number of benzene rings is 4. The van der Waals surface area contributed by atoms with Crippen LogP contribution in [0, 0.1) is 13.8 Å². The molecule has 6 aromatic rings. The van der Waals surface area contributed by atoms with Crippen molar-refractivity contribution in [2.75, 3.05) is 0 Å². The molecule has 7 rings (SSSR count). The van der Waals surface area contributed by atoms with Crippen molar-refractivity contribution in [3.8, 4) is 11.1 Å². The SMILES string of the molecule is CCCCCCCCC1(CCCCCCCC)c2cc(CCCCCCCCc3ccc4oc(=O)ccc4c3)c(C)cc2-c2cc(C)c(CCCCCCCCc3ccc4oc(=O)ccc4c3)cc21. The van der Waals surface area contributed by atoms with Crippen molar-refractivity contribution in [3.05, 3.63) is 150 Å². The van der Waals surface area contributed by atoms with E-state index < -0.39 is 0 Å². The number of fused-ring (bicyclic) bond motifs is 5. The Morgan fingerprint density at radius 2 is 0.739 bits per heavy atom. The van der Waals surface area contributed by atoms with Crippen LogP contribution in [0.15, 0.2) is 103 Å². The van der Waals surface area contributed by atoms with Crippen LogP contribution >= 0.6 is 0 Å². The fourth-order valence-electron chi connectivity index (χ4n) is 11.8. The standard InChI is InChI=1S/C65H86O4/c1-5-7-9-11-21-27-41-65(42-28-22-12-10-8-6-2)59-47-53(31-25-19-15-13-17-23-29-51-33-37-61-55(45-51)35-39-63(66)68-61)49(3)43-57(59)58-44-50(4)54(48-60(58)65)32-26-20-16-14-18-24-30-52-34-38-62-56(46-52)36-40-64(67)69-62/h33-40,43-48H,5-32,41-42H2,1-4H3. The lowest BCUT2D eigenvalue weighted by Crippen LogP contribution is -2.26. The number of rotatable bonds is 32. The highest BCUT2D eigenvalue weighted by atomic mass is 16.4. The van der Waals surface area contributed by atoms with Crippen molar-refractivity contribution in [1.29, 1.82) is 0 Å². The summed E-state index contributed by atoms with van der Waals surface area (Å²) in [5, 5.41) is 2.03. The topological polar surface area (TPSA) is 60.4 Å². The maximum atomic E-state index is 11.6. The van der Waals surface area contributed by atoms with Crippen LogP contribution in [0.5, 0.6) is 0 Å². The van der Waals surface area contributed by atoms with Crippen molar-refractivity contribution in [1.82, 2.24) is 0 Å². The average Bonchev–Trinajstić information content (AvgIpc) is 3.58. The Kier molecular flexibility index (Phi) is 20.4. The third-order valence-corrected chi connectivity index (χ3v) is 15.9. The van der Waals surface area contributed by atoms with Crippen LogP contribution in [-0.2, 0) is 31.1 Å². The summed E-state index contributed by atoms with van der Waals surface area (Å²) in [5.41, 5.74) is 16.1. The van der Waals surface area contributed by atoms with Crippen molar-refractivity contribution in [2.24, 2.45) is 0 Å². The predicted molar refractivity (Wildman–Crippen MR) is 293 cm³/mol. The summed E-state index contributed by atoms with van der Waals surface area (Å²) in [6, 6.07) is 30.0. The number of hydrogen-bond acceptors (Lipinski definition) is 4. The zero-order valence-electron chi connectivity index (χ0n) is 43.4. The molecular weight excluding hydrogens is 845 g/mol. The van der Waals surface area contributed by atoms with Crippen molar-refractivity contribution in [3.63, 3.8) is 0 Å². The van der Waals surface area contributed by atoms with Crippen LogP contribution in [-0.4, -0.2) is 0 Å². The third-order valence-electron chi connectivity index (χ3n) is 15.9. The van der Waals surface area contributed by atoms with Gasteiger partial charge in [-0.25, -0.2) is 9.59 Å². The zero-order valence-corrected chi connectivity index (χ0v) is 43.4. The maximum Gasteiger partial charge on any atom is 0.336 e. The monoisotopic (exact) mass is 931 g/mol. The summed E-state index contributed by atoms with van der Waals surface area (Å²) in [6.07, 6.45) is 38.5. The average molecular weight is 931 g/mol. The molecule has 0 saturated carbocycles. The molecule has 4 aromatic carbocycles. The lowest BCUT2D eigenvalue weighted by Gasteiger charge is -2.34. The number of hydrogen-bond donors (Lipinski definition) is 0. The van der Waals surface area contributed by atoms with Crippen molar-refractivity contribution >= 4 is 21.9 Å². The minimum absolute atomic E-state index is 0.114. The maximum absolute atomic E-state index is 11.6. The van der Waals surface area contributed by atoms with Crippen LogP contribution in [0.3, 0.4) is 0 Å². The highest BCUT2D eigenvalue weighted by Gasteiger charge is 2.43. The van der Waals surface area contributed by atoms with Crippen molar-refractivity contribution < 1.29 is 8.83 Å². The highest BCUT2D eigenvalue weighted by Crippen LogP contribution is 2.55. The normalized spacial score (nSPS) is 12.9. The number of aryl methyl sites for hydroxylation is 6. The van der Waals surface area contributed by atoms with Gasteiger partial charge in [-0.3, -0.25) is 0 Å². The second-order valence-corrected chi connectivity index (χ2v) is 21.3. The highest BCUT2D eigenvalue weighted by molar-refractivity contribution is 5.83. The second-order valence-electron chi connectivity index (χ2n) is 21.3. The molecule has 0 amide bonds. The van der Waals surface area contributed by atoms with Gasteiger partial charge in [-0.2, -0.15) is 0 Å². The zero-order chi connectivity index (χ0) is 48.3. The summed E-state index contributed by atoms with van der Waals surface area (Å²) >= 11 is 0. The quantitative estimate of drug-likeness (QED) is 0.0312. The molecule has 1 aliphatic rings. The smallest absolute Gasteiger partial charge is 0.336 e. The van der Waals surface area contributed by atoms with E-state index in [2.05, 4.69) is 76.2 Å². The molecule has 69 heavy (non-hydrogen) atoms. The lowest BCUT2D eigenvalue weighted by molar-refractivity contribution is 0.397. The first-order valence-corrected chi connectivity index (χ1v) is 28.1. The van der Waals surface area contributed by atoms with Crippen LogP contribution in [0.1, 0.15) is 225 Å². The van der Waals surface area contributed by atoms with Gasteiger partial charge < -0.3 is 8.83 Å². The summed E-state index contributed by atoms with van der Waals surface area (Å²) < 4.78 is 10.7. The Balaban J connectivity index is 0.976. The Hall–Kier alpha value is -4.70. The first kappa shape index (κ1) is 52.1. The van der Waals surface area contributed by atoms with Gasteiger partial charge in [0.05, 0.1) is 0 Å². The van der Waals surface area contributed by atoms with Crippen LogP contribution in [0.2, 0.25) is 0 Å². The molecule has 0 aliphatic heterocycles. The van der Waals surface area contributed by atoms with Crippen molar-refractivity contribution in [2.45, 2.75) is 226 Å². The molecule has 0 spiro atoms. The first-order valence-electron chi connectivity index (χ1n) is 28.1. The Morgan fingerprint density at radius 3 is 1.14 bits per heavy atom. The van der Waals surface area contributed by atoms with Gasteiger partial charge in [0, 0.05) is 28.3 Å². The third kappa shape index (κ3) is 14.7. The first-order chi connectivity index (χ1) is 33.8. The van der Waals surface area contributed by atoms with Gasteiger partial charge in [0.25, 0.3) is 0 Å². The minimum atomic E-state index is -0.285. The molecule has 0 radical (unpaired) electrons. The van der Waals surface area contributed by atoms with Crippen LogP contribution < -0.4 is 11.3 Å². The molecule has 0 saturated heterocycles. The summed E-state index contributed by atoms with van der Waals surface area (Å²) in [4.78, 5) is 23.2. The fourth-order valence-corrected chi connectivity index (χ4v) is 11.8. The summed E-state index contributed by atoms with van der Waals surface area (Å²) in [7, 11) is 0. The van der Waals surface area contributed by atoms with E-state index >= 15 is 0 Å². The van der Waals surface area contributed by atoms with Crippen LogP contribution in [0.25, 0.3) is 33.1 Å². The van der Waals surface area contributed by atoms with E-state index in [9.17, 15) is 9.59 Å². The van der Waals surface area contributed by atoms with Gasteiger partial charge in [-0.1, -0.05) is 179 Å². The van der Waals surface area contributed by atoms with E-state index in [-0.39, 0.29) is 16.7 Å². The lowest BCUT2D eigenvalue weighted by atomic mass is 9.69. The molecule has 2 heterocycles. The van der Waals surface area contributed by atoms with Gasteiger partial charge in [0.1, 0.15) is 11.2 Å². The van der Waals surface area contributed by atoms with E-state index in [1.54, 1.807) is 33.4 Å². The summed E-state index contributed by atoms with van der Waals surface area (Å²) in [6.45, 7) is 9.45. The van der Waals surface area contributed by atoms with E-state index in [0.29, 0.717) is 11.2 Å². The Labute approximate surface area is 416 Å². The van der Waals surface area contributed by atoms with Gasteiger partial charge >= 0.3 is 11.3 Å². The summed E-state index contributed by atoms with van der Waals surface area (Å²) in [5.74, 6) is 0. The Bertz CT molecular complexity index is 2460. The Morgan fingerprint density at radius 1 is 0.377 bits per heavy atom. The second kappa shape index (κ2) is 27.1. The van der Waals surface area contributed by atoms with E-state index in [0.717, 1.165) is 23.6 Å². The molecule has 4 heteroatoms. The predicted octanol–water partition coefficient (Wildman–Crippen LogP) is 18.5. The molecule has 0 bridgehead atoms. The van der Waals surface area contributed by atoms with E-state index in [4.69, 9.17) is 8.83 Å². The molecule has 0 unspecified atom stereocenters. The molecule has 370 valence electrons. The molecular formula is C65H86O4. The molecule has 2 aromatic heterocycles. The van der Waals surface area contributed by atoms with E-state index in [1.807, 2.05) is 24.3 Å². The largest absolute Gasteiger partial charge is 0.423 e. The molecule has 0 N–H and O–H groups in total. The fraction of sp³-hybridized carbons (Fsp3) is 0.538. The molecule has 4 nitrogen and oxygen atoms in total. The van der Waals surface area contributed by atoms with Crippen LogP contribution in [0.4, 0.5) is 0 Å².